The first-order valence-corrected chi connectivity index (χ1v) is 5.78. The number of hydrogen-bond donors (Lipinski definition) is 2. The number of ether oxygens (including phenoxy) is 2. The third-order valence-corrected chi connectivity index (χ3v) is 2.78. The van der Waals surface area contributed by atoms with E-state index in [-0.39, 0.29) is 5.56 Å². The van der Waals surface area contributed by atoms with Crippen LogP contribution in [0.5, 0.6) is 11.6 Å². The quantitative estimate of drug-likeness (QED) is 0.828. The van der Waals surface area contributed by atoms with Gasteiger partial charge in [-0.15, -0.1) is 0 Å². The van der Waals surface area contributed by atoms with Crippen molar-refractivity contribution in [3.05, 3.63) is 36.0 Å². The van der Waals surface area contributed by atoms with Crippen LogP contribution in [0.15, 0.2) is 30.5 Å². The molecule has 2 rings (SSSR count). The van der Waals surface area contributed by atoms with Gasteiger partial charge in [0.05, 0.1) is 19.8 Å². The molecule has 1 aromatic heterocycles. The fraction of sp³-hybridized carbons (Fsp3) is 0.143. The summed E-state index contributed by atoms with van der Waals surface area (Å²) >= 11 is 0. The summed E-state index contributed by atoms with van der Waals surface area (Å²) in [6, 6.07) is 6.30. The van der Waals surface area contributed by atoms with Crippen LogP contribution in [0, 0.1) is 0 Å². The normalized spacial score (nSPS) is 10.1. The number of aromatic carboxylic acids is 1. The topological polar surface area (TPSA) is 94.7 Å². The van der Waals surface area contributed by atoms with E-state index in [4.69, 9.17) is 20.3 Å². The van der Waals surface area contributed by atoms with Crippen LogP contribution in [-0.4, -0.2) is 30.3 Å². The van der Waals surface area contributed by atoms with Crippen molar-refractivity contribution in [2.24, 2.45) is 0 Å². The average Bonchev–Trinajstić information content (AvgIpc) is 2.45. The smallest absolute Gasteiger partial charge is 0.335 e. The molecular weight excluding hydrogens is 260 g/mol. The number of nitrogen functional groups attached to an aromatic ring is 1. The zero-order valence-electron chi connectivity index (χ0n) is 11.1. The van der Waals surface area contributed by atoms with Crippen LogP contribution in [-0.2, 0) is 0 Å². The lowest BCUT2D eigenvalue weighted by Gasteiger charge is -2.12. The molecule has 0 aliphatic rings. The van der Waals surface area contributed by atoms with E-state index < -0.39 is 5.97 Å². The summed E-state index contributed by atoms with van der Waals surface area (Å²) in [6.45, 7) is 0. The number of aromatic nitrogens is 1. The van der Waals surface area contributed by atoms with Crippen LogP contribution in [0.25, 0.3) is 11.1 Å². The molecule has 2 aromatic rings. The van der Waals surface area contributed by atoms with Gasteiger partial charge in [0, 0.05) is 17.4 Å². The first-order chi connectivity index (χ1) is 9.56. The number of carbonyl (C=O) groups is 1. The van der Waals surface area contributed by atoms with Gasteiger partial charge >= 0.3 is 5.97 Å². The highest BCUT2D eigenvalue weighted by atomic mass is 16.5. The van der Waals surface area contributed by atoms with E-state index >= 15 is 0 Å². The van der Waals surface area contributed by atoms with Crippen molar-refractivity contribution in [3.63, 3.8) is 0 Å². The summed E-state index contributed by atoms with van der Waals surface area (Å²) in [5.41, 5.74) is 7.50. The Labute approximate surface area is 115 Å². The van der Waals surface area contributed by atoms with Gasteiger partial charge in [-0.1, -0.05) is 0 Å². The highest BCUT2D eigenvalue weighted by molar-refractivity contribution is 5.91. The highest BCUT2D eigenvalue weighted by Gasteiger charge is 2.15. The van der Waals surface area contributed by atoms with Crippen molar-refractivity contribution in [1.29, 1.82) is 0 Å². The van der Waals surface area contributed by atoms with Gasteiger partial charge in [-0.25, -0.2) is 9.78 Å². The maximum absolute atomic E-state index is 11.1. The summed E-state index contributed by atoms with van der Waals surface area (Å²) in [5.74, 6) is -0.292. The van der Waals surface area contributed by atoms with Gasteiger partial charge in [0.2, 0.25) is 0 Å². The molecule has 0 radical (unpaired) electrons. The second-order valence-corrected chi connectivity index (χ2v) is 4.05. The number of carboxylic acids is 1. The Balaban J connectivity index is 2.65. The molecule has 1 aromatic carbocycles. The molecule has 0 fully saturated rings. The van der Waals surface area contributed by atoms with Crippen LogP contribution >= 0.6 is 0 Å². The molecule has 0 saturated carbocycles. The molecular formula is C14H14N2O4. The monoisotopic (exact) mass is 274 g/mol. The molecule has 0 unspecified atom stereocenters. The van der Waals surface area contributed by atoms with Crippen molar-refractivity contribution < 1.29 is 19.4 Å². The Hall–Kier alpha value is -2.76. The lowest BCUT2D eigenvalue weighted by Crippen LogP contribution is -2.00. The van der Waals surface area contributed by atoms with E-state index in [1.165, 1.54) is 26.4 Å². The number of nitrogens with two attached hydrogens (primary N) is 1. The average molecular weight is 274 g/mol. The molecule has 104 valence electrons. The van der Waals surface area contributed by atoms with Crippen molar-refractivity contribution in [1.82, 2.24) is 4.98 Å². The lowest BCUT2D eigenvalue weighted by molar-refractivity contribution is 0.0697. The number of methoxy groups -OCH3 is 2. The minimum Gasteiger partial charge on any atom is -0.491 e. The van der Waals surface area contributed by atoms with Gasteiger partial charge in [-0.2, -0.15) is 0 Å². The Morgan fingerprint density at radius 2 is 2.00 bits per heavy atom. The van der Waals surface area contributed by atoms with Crippen LogP contribution in [0.4, 0.5) is 5.69 Å². The second kappa shape index (κ2) is 5.48. The Bertz CT molecular complexity index is 656. The Kier molecular flexibility index (Phi) is 3.74. The Morgan fingerprint density at radius 3 is 2.60 bits per heavy atom. The molecule has 3 N–H and O–H groups in total. The number of nitrogens with zero attached hydrogens (tertiary/aromatic N) is 1. The van der Waals surface area contributed by atoms with Crippen molar-refractivity contribution in [2.75, 3.05) is 20.0 Å². The number of carboxylic acid groups (broad SMARTS) is 1. The molecule has 0 atom stereocenters. The first-order valence-electron chi connectivity index (χ1n) is 5.78. The zero-order chi connectivity index (χ0) is 14.7. The van der Waals surface area contributed by atoms with Crippen molar-refractivity contribution >= 4 is 11.7 Å². The maximum atomic E-state index is 11.1. The first kappa shape index (κ1) is 13.7. The van der Waals surface area contributed by atoms with Crippen LogP contribution in [0.3, 0.4) is 0 Å². The summed E-state index contributed by atoms with van der Waals surface area (Å²) < 4.78 is 10.4. The molecule has 0 aliphatic heterocycles. The molecule has 0 saturated heterocycles. The highest BCUT2D eigenvalue weighted by Crippen LogP contribution is 2.37. The molecule has 0 spiro atoms. The fourth-order valence-electron chi connectivity index (χ4n) is 1.93. The van der Waals surface area contributed by atoms with E-state index in [0.717, 1.165) is 0 Å². The number of pyridine rings is 1. The molecule has 1 heterocycles. The predicted octanol–water partition coefficient (Wildman–Crippen LogP) is 2.05. The molecule has 0 amide bonds. The maximum Gasteiger partial charge on any atom is 0.335 e. The van der Waals surface area contributed by atoms with E-state index in [0.29, 0.717) is 28.4 Å². The van der Waals surface area contributed by atoms with Crippen molar-refractivity contribution in [3.8, 4) is 22.8 Å². The zero-order valence-corrected chi connectivity index (χ0v) is 11.1. The number of rotatable bonds is 4. The van der Waals surface area contributed by atoms with Crippen LogP contribution in [0.1, 0.15) is 10.4 Å². The van der Waals surface area contributed by atoms with Crippen LogP contribution in [0.2, 0.25) is 0 Å². The summed E-state index contributed by atoms with van der Waals surface area (Å²) in [6.07, 6.45) is 1.56. The van der Waals surface area contributed by atoms with E-state index in [1.54, 1.807) is 18.3 Å². The lowest BCUT2D eigenvalue weighted by atomic mass is 10.0. The fourth-order valence-corrected chi connectivity index (χ4v) is 1.93. The van der Waals surface area contributed by atoms with Gasteiger partial charge < -0.3 is 20.3 Å². The van der Waals surface area contributed by atoms with Gasteiger partial charge in [0.15, 0.2) is 5.75 Å². The van der Waals surface area contributed by atoms with Crippen molar-refractivity contribution in [2.45, 2.75) is 0 Å². The largest absolute Gasteiger partial charge is 0.491 e. The van der Waals surface area contributed by atoms with Gasteiger partial charge in [-0.05, 0) is 29.8 Å². The summed E-state index contributed by atoms with van der Waals surface area (Å²) in [5, 5.41) is 9.08. The molecule has 6 heteroatoms. The van der Waals surface area contributed by atoms with Gasteiger partial charge in [-0.3, -0.25) is 0 Å². The minimum atomic E-state index is -1.04. The molecule has 20 heavy (non-hydrogen) atoms. The number of hydrogen-bond acceptors (Lipinski definition) is 5. The number of benzene rings is 1. The van der Waals surface area contributed by atoms with E-state index in [1.807, 2.05) is 0 Å². The van der Waals surface area contributed by atoms with Gasteiger partial charge in [0.25, 0.3) is 5.88 Å². The Morgan fingerprint density at radius 1 is 1.25 bits per heavy atom. The second-order valence-electron chi connectivity index (χ2n) is 4.05. The van der Waals surface area contributed by atoms with E-state index in [2.05, 4.69) is 4.98 Å². The molecule has 0 bridgehead atoms. The third-order valence-electron chi connectivity index (χ3n) is 2.78. The summed E-state index contributed by atoms with van der Waals surface area (Å²) in [7, 11) is 2.98. The van der Waals surface area contributed by atoms with E-state index in [9.17, 15) is 4.79 Å². The SMILES string of the molecule is COc1nccc(-c2cc(N)cc(C(=O)O)c2)c1OC. The number of anilines is 1. The predicted molar refractivity (Wildman–Crippen MR) is 74.1 cm³/mol. The standard InChI is InChI=1S/C14H14N2O4/c1-19-12-11(3-4-16-13(12)20-2)8-5-9(14(17)18)7-10(15)6-8/h3-7H,15H2,1-2H3,(H,17,18). The minimum absolute atomic E-state index is 0.109. The summed E-state index contributed by atoms with van der Waals surface area (Å²) in [4.78, 5) is 15.1. The third kappa shape index (κ3) is 2.49. The van der Waals surface area contributed by atoms with Crippen LogP contribution < -0.4 is 15.2 Å². The molecule has 6 nitrogen and oxygen atoms in total. The molecule has 0 aliphatic carbocycles. The van der Waals surface area contributed by atoms with Gasteiger partial charge in [0.1, 0.15) is 0 Å².